The normalized spacial score (nSPS) is 29.6. The Labute approximate surface area is 154 Å². The van der Waals surface area contributed by atoms with Crippen molar-refractivity contribution in [2.45, 2.75) is 57.1 Å². The highest BCUT2D eigenvalue weighted by molar-refractivity contribution is 5.93. The molecule has 0 saturated carbocycles. The van der Waals surface area contributed by atoms with Crippen LogP contribution in [0.3, 0.4) is 0 Å². The molecule has 3 rings (SSSR count). The number of fused-ring (bicyclic) bond motifs is 1. The Morgan fingerprint density at radius 1 is 1.23 bits per heavy atom. The van der Waals surface area contributed by atoms with Crippen molar-refractivity contribution in [3.8, 4) is 0 Å². The summed E-state index contributed by atoms with van der Waals surface area (Å²) in [5, 5.41) is 1.21. The van der Waals surface area contributed by atoms with Crippen LogP contribution in [-0.4, -0.2) is 62.6 Å². The number of nitrogens with zero attached hydrogens (tertiary/aromatic N) is 1. The van der Waals surface area contributed by atoms with Crippen LogP contribution in [0.15, 0.2) is 24.3 Å². The van der Waals surface area contributed by atoms with E-state index in [2.05, 4.69) is 0 Å². The van der Waals surface area contributed by atoms with Crippen LogP contribution in [0.25, 0.3) is 0 Å². The largest absolute Gasteiger partial charge is 0.353 e. The summed E-state index contributed by atoms with van der Waals surface area (Å²) in [4.78, 5) is 17.2. The number of aryl methyl sites for hydroxylation is 1. The molecule has 0 N–H and O–H groups in total. The van der Waals surface area contributed by atoms with Crippen molar-refractivity contribution in [1.29, 1.82) is 0 Å². The molecule has 7 nitrogen and oxygen atoms in total. The zero-order valence-electron chi connectivity index (χ0n) is 15.9. The van der Waals surface area contributed by atoms with Gasteiger partial charge in [0.2, 0.25) is 0 Å². The molecule has 0 unspecified atom stereocenters. The first-order valence-electron chi connectivity index (χ1n) is 8.79. The molecule has 2 saturated heterocycles. The number of ether oxygens (including phenoxy) is 4. The van der Waals surface area contributed by atoms with Crippen LogP contribution in [0.2, 0.25) is 0 Å². The molecule has 2 fully saturated rings. The third-order valence-corrected chi connectivity index (χ3v) is 4.79. The van der Waals surface area contributed by atoms with E-state index in [0.717, 1.165) is 18.4 Å². The molecule has 1 amide bonds. The maximum absolute atomic E-state index is 12.2. The number of hydroxylamine groups is 2. The summed E-state index contributed by atoms with van der Waals surface area (Å²) < 4.78 is 23.3. The molecule has 4 atom stereocenters. The Kier molecular flexibility index (Phi) is 5.64. The highest BCUT2D eigenvalue weighted by Gasteiger charge is 2.55. The van der Waals surface area contributed by atoms with Gasteiger partial charge in [0.15, 0.2) is 12.1 Å². The van der Waals surface area contributed by atoms with E-state index in [9.17, 15) is 4.79 Å². The molecule has 2 aliphatic heterocycles. The summed E-state index contributed by atoms with van der Waals surface area (Å²) in [7, 11) is 4.67. The maximum atomic E-state index is 12.2. The van der Waals surface area contributed by atoms with E-state index in [1.807, 2.05) is 32.0 Å². The van der Waals surface area contributed by atoms with E-state index in [1.54, 1.807) is 20.2 Å². The molecule has 7 heteroatoms. The molecule has 26 heavy (non-hydrogen) atoms. The van der Waals surface area contributed by atoms with E-state index >= 15 is 0 Å². The first-order chi connectivity index (χ1) is 12.3. The number of amides is 1. The minimum Gasteiger partial charge on any atom is -0.353 e. The topological polar surface area (TPSA) is 66.5 Å². The van der Waals surface area contributed by atoms with Gasteiger partial charge in [-0.3, -0.25) is 9.63 Å². The summed E-state index contributed by atoms with van der Waals surface area (Å²) in [6.45, 7) is 3.80. The highest BCUT2D eigenvalue weighted by Crippen LogP contribution is 2.40. The molecule has 0 radical (unpaired) electrons. The van der Waals surface area contributed by atoms with Gasteiger partial charge in [0.05, 0.1) is 13.2 Å². The molecule has 0 bridgehead atoms. The van der Waals surface area contributed by atoms with Crippen LogP contribution in [0.5, 0.6) is 0 Å². The summed E-state index contributed by atoms with van der Waals surface area (Å²) >= 11 is 0. The van der Waals surface area contributed by atoms with Gasteiger partial charge in [-0.1, -0.05) is 12.1 Å². The predicted octanol–water partition coefficient (Wildman–Crippen LogP) is 2.14. The first-order valence-corrected chi connectivity index (χ1v) is 8.79. The van der Waals surface area contributed by atoms with Crippen LogP contribution in [0.1, 0.15) is 36.2 Å². The molecule has 0 aliphatic carbocycles. The highest BCUT2D eigenvalue weighted by atomic mass is 16.8. The Bertz CT molecular complexity index is 649. The van der Waals surface area contributed by atoms with Crippen molar-refractivity contribution < 1.29 is 28.6 Å². The lowest BCUT2D eigenvalue weighted by Gasteiger charge is -2.23. The summed E-state index contributed by atoms with van der Waals surface area (Å²) in [5.74, 6) is -0.814. The Morgan fingerprint density at radius 3 is 2.65 bits per heavy atom. The number of methoxy groups -OCH3 is 1. The fourth-order valence-electron chi connectivity index (χ4n) is 3.50. The second kappa shape index (κ2) is 7.62. The van der Waals surface area contributed by atoms with Crippen molar-refractivity contribution in [1.82, 2.24) is 5.06 Å². The Balaban J connectivity index is 1.65. The summed E-state index contributed by atoms with van der Waals surface area (Å²) in [6, 6.07) is 7.54. The minimum absolute atomic E-state index is 0.118. The lowest BCUT2D eigenvalue weighted by Crippen LogP contribution is -2.30. The van der Waals surface area contributed by atoms with Gasteiger partial charge in [-0.05, 0) is 44.4 Å². The number of carbonyl (C=O) groups is 1. The van der Waals surface area contributed by atoms with Crippen LogP contribution >= 0.6 is 0 Å². The minimum atomic E-state index is -0.634. The number of hydrogen-bond acceptors (Lipinski definition) is 6. The first kappa shape index (κ1) is 19.3. The van der Waals surface area contributed by atoms with Crippen LogP contribution < -0.4 is 0 Å². The van der Waals surface area contributed by atoms with Gasteiger partial charge in [0, 0.05) is 19.7 Å². The van der Waals surface area contributed by atoms with Crippen molar-refractivity contribution in [3.63, 3.8) is 0 Å². The summed E-state index contributed by atoms with van der Waals surface area (Å²) in [5.41, 5.74) is 1.65. The van der Waals surface area contributed by atoms with Gasteiger partial charge in [0.1, 0.15) is 12.2 Å². The van der Waals surface area contributed by atoms with Gasteiger partial charge in [-0.15, -0.1) is 0 Å². The van der Waals surface area contributed by atoms with Crippen molar-refractivity contribution >= 4 is 5.91 Å². The van der Waals surface area contributed by atoms with Gasteiger partial charge in [-0.25, -0.2) is 5.06 Å². The molecule has 2 aliphatic rings. The van der Waals surface area contributed by atoms with Crippen LogP contribution in [0, 0.1) is 0 Å². The van der Waals surface area contributed by atoms with Gasteiger partial charge in [-0.2, -0.15) is 0 Å². The molecular weight excluding hydrogens is 338 g/mol. The van der Waals surface area contributed by atoms with E-state index in [1.165, 1.54) is 12.2 Å². The molecule has 0 spiro atoms. The smallest absolute Gasteiger partial charge is 0.277 e. The maximum Gasteiger partial charge on any atom is 0.277 e. The predicted molar refractivity (Wildman–Crippen MR) is 93.4 cm³/mol. The van der Waals surface area contributed by atoms with Gasteiger partial charge in [0.25, 0.3) is 5.91 Å². The number of carbonyl (C=O) groups excluding carboxylic acids is 1. The van der Waals surface area contributed by atoms with E-state index in [4.69, 9.17) is 23.8 Å². The zero-order chi connectivity index (χ0) is 18.9. The van der Waals surface area contributed by atoms with Crippen LogP contribution in [-0.2, 0) is 30.2 Å². The van der Waals surface area contributed by atoms with E-state index in [-0.39, 0.29) is 24.2 Å². The molecular formula is C19H27NO6. The number of rotatable bonds is 6. The SMILES string of the molecule is CO[C@H]1O[C@@H](CCc2cccc(C(=O)N(C)OC)c2)[C@@H]2OC(C)(C)O[C@H]12. The third kappa shape index (κ3) is 3.92. The van der Waals surface area contributed by atoms with Crippen molar-refractivity contribution in [2.24, 2.45) is 0 Å². The lowest BCUT2D eigenvalue weighted by molar-refractivity contribution is -0.227. The standard InChI is InChI=1S/C19H27NO6/c1-19(2)25-15-14(24-18(22-4)16(15)26-19)10-9-12-7-6-8-13(11-12)17(21)20(3)23-5/h6-8,11,14-16,18H,9-10H2,1-5H3/t14-,15-,16-,18-/m0/s1. The fourth-order valence-corrected chi connectivity index (χ4v) is 3.50. The molecule has 0 aromatic heterocycles. The Hall–Kier alpha value is -1.51. The van der Waals surface area contributed by atoms with Crippen molar-refractivity contribution in [2.75, 3.05) is 21.3 Å². The Morgan fingerprint density at radius 2 is 1.96 bits per heavy atom. The zero-order valence-corrected chi connectivity index (χ0v) is 15.9. The van der Waals surface area contributed by atoms with E-state index in [0.29, 0.717) is 5.56 Å². The second-order valence-corrected chi connectivity index (χ2v) is 7.07. The lowest BCUT2D eigenvalue weighted by atomic mass is 10.0. The van der Waals surface area contributed by atoms with Gasteiger partial charge >= 0.3 is 0 Å². The average Bonchev–Trinajstić information content (AvgIpc) is 3.11. The number of hydrogen-bond donors (Lipinski definition) is 0. The second-order valence-electron chi connectivity index (χ2n) is 7.07. The average molecular weight is 365 g/mol. The van der Waals surface area contributed by atoms with E-state index < -0.39 is 12.1 Å². The molecule has 2 heterocycles. The number of benzene rings is 1. The van der Waals surface area contributed by atoms with Crippen molar-refractivity contribution in [3.05, 3.63) is 35.4 Å². The molecule has 144 valence electrons. The molecule has 1 aromatic rings. The van der Waals surface area contributed by atoms with Gasteiger partial charge < -0.3 is 18.9 Å². The third-order valence-electron chi connectivity index (χ3n) is 4.79. The summed E-state index contributed by atoms with van der Waals surface area (Å²) in [6.07, 6.45) is 0.592. The van der Waals surface area contributed by atoms with Crippen LogP contribution in [0.4, 0.5) is 0 Å². The fraction of sp³-hybridized carbons (Fsp3) is 0.632. The monoisotopic (exact) mass is 365 g/mol. The molecule has 1 aromatic carbocycles. The quantitative estimate of drug-likeness (QED) is 0.720.